The van der Waals surface area contributed by atoms with Gasteiger partial charge in [0, 0.05) is 37.8 Å². The van der Waals surface area contributed by atoms with Crippen molar-refractivity contribution < 1.29 is 23.4 Å². The zero-order valence-electron chi connectivity index (χ0n) is 19.9. The number of amides is 1. The molecular weight excluding hydrogens is 448 g/mol. The fourth-order valence-electron chi connectivity index (χ4n) is 3.92. The summed E-state index contributed by atoms with van der Waals surface area (Å²) in [5.74, 6) is 1.91. The highest BCUT2D eigenvalue weighted by Gasteiger charge is 2.28. The molecule has 1 aliphatic rings. The number of oxazole rings is 1. The lowest BCUT2D eigenvalue weighted by atomic mass is 10.1. The molecule has 180 valence electrons. The molecule has 4 rings (SSSR count). The van der Waals surface area contributed by atoms with Gasteiger partial charge in [-0.1, -0.05) is 30.3 Å². The van der Waals surface area contributed by atoms with E-state index in [1.54, 1.807) is 23.1 Å². The number of benzene rings is 2. The zero-order chi connectivity index (χ0) is 24.8. The van der Waals surface area contributed by atoms with E-state index in [9.17, 15) is 10.1 Å². The van der Waals surface area contributed by atoms with Crippen molar-refractivity contribution in [2.45, 2.75) is 0 Å². The van der Waals surface area contributed by atoms with E-state index < -0.39 is 0 Å². The van der Waals surface area contributed by atoms with Crippen LogP contribution >= 0.6 is 0 Å². The minimum Gasteiger partial charge on any atom is -0.493 e. The van der Waals surface area contributed by atoms with Crippen molar-refractivity contribution in [2.75, 3.05) is 52.4 Å². The first-order valence-electron chi connectivity index (χ1n) is 11.1. The molecule has 0 atom stereocenters. The van der Waals surface area contributed by atoms with Crippen molar-refractivity contribution in [3.05, 3.63) is 65.2 Å². The number of nitriles is 1. The summed E-state index contributed by atoms with van der Waals surface area (Å²) in [6.07, 6.45) is 3.62. The van der Waals surface area contributed by atoms with Crippen LogP contribution in [-0.4, -0.2) is 63.3 Å². The smallest absolute Gasteiger partial charge is 0.254 e. The first-order chi connectivity index (χ1) is 17.1. The van der Waals surface area contributed by atoms with E-state index >= 15 is 0 Å². The predicted octanol–water partition coefficient (Wildman–Crippen LogP) is 3.70. The third kappa shape index (κ3) is 5.06. The van der Waals surface area contributed by atoms with Crippen molar-refractivity contribution in [2.24, 2.45) is 0 Å². The van der Waals surface area contributed by atoms with Gasteiger partial charge in [-0.2, -0.15) is 10.2 Å². The van der Waals surface area contributed by atoms with Crippen LogP contribution in [0.2, 0.25) is 0 Å². The summed E-state index contributed by atoms with van der Waals surface area (Å²) in [7, 11) is 4.54. The maximum atomic E-state index is 13.2. The maximum absolute atomic E-state index is 13.2. The molecule has 9 heteroatoms. The summed E-state index contributed by atoms with van der Waals surface area (Å²) in [6, 6.07) is 15.2. The van der Waals surface area contributed by atoms with E-state index in [1.165, 1.54) is 21.3 Å². The SMILES string of the molecule is COc1cc(C(=O)N2CCN(c3oc(/C=C/c4ccccc4)nc3C#N)CC2)cc(OC)c1OC. The van der Waals surface area contributed by atoms with Crippen molar-refractivity contribution in [1.29, 1.82) is 5.26 Å². The Hall–Kier alpha value is -4.45. The molecule has 0 bridgehead atoms. The van der Waals surface area contributed by atoms with Crippen molar-refractivity contribution >= 4 is 23.9 Å². The summed E-state index contributed by atoms with van der Waals surface area (Å²) in [4.78, 5) is 21.2. The van der Waals surface area contributed by atoms with E-state index in [0.29, 0.717) is 60.8 Å². The topological polar surface area (TPSA) is 101 Å². The molecule has 1 saturated heterocycles. The number of aromatic nitrogens is 1. The Kier molecular flexibility index (Phi) is 7.21. The number of carbonyl (C=O) groups excluding carboxylic acids is 1. The molecule has 1 aliphatic heterocycles. The third-order valence-corrected chi connectivity index (χ3v) is 5.72. The first-order valence-corrected chi connectivity index (χ1v) is 11.1. The van der Waals surface area contributed by atoms with Crippen LogP contribution in [0.25, 0.3) is 12.2 Å². The van der Waals surface area contributed by atoms with Gasteiger partial charge in [-0.25, -0.2) is 0 Å². The Morgan fingerprint density at radius 1 is 1.00 bits per heavy atom. The molecule has 9 nitrogen and oxygen atoms in total. The second-order valence-electron chi connectivity index (χ2n) is 7.75. The van der Waals surface area contributed by atoms with E-state index in [-0.39, 0.29) is 11.6 Å². The van der Waals surface area contributed by atoms with Crippen LogP contribution in [0.3, 0.4) is 0 Å². The van der Waals surface area contributed by atoms with Crippen molar-refractivity contribution in [3.63, 3.8) is 0 Å². The van der Waals surface area contributed by atoms with Gasteiger partial charge in [0.1, 0.15) is 6.07 Å². The third-order valence-electron chi connectivity index (χ3n) is 5.72. The summed E-state index contributed by atoms with van der Waals surface area (Å²) in [5, 5.41) is 9.56. The van der Waals surface area contributed by atoms with Gasteiger partial charge in [0.15, 0.2) is 11.5 Å². The minimum atomic E-state index is -0.145. The van der Waals surface area contributed by atoms with E-state index in [4.69, 9.17) is 18.6 Å². The molecular formula is C26H26N4O5. The molecule has 1 amide bonds. The Morgan fingerprint density at radius 3 is 2.23 bits per heavy atom. The number of anilines is 1. The highest BCUT2D eigenvalue weighted by molar-refractivity contribution is 5.96. The quantitative estimate of drug-likeness (QED) is 0.511. The van der Waals surface area contributed by atoms with Crippen molar-refractivity contribution in [3.8, 4) is 23.3 Å². The zero-order valence-corrected chi connectivity index (χ0v) is 19.9. The molecule has 0 radical (unpaired) electrons. The predicted molar refractivity (Wildman–Crippen MR) is 131 cm³/mol. The average Bonchev–Trinajstić information content (AvgIpc) is 3.34. The number of carbonyl (C=O) groups is 1. The van der Waals surface area contributed by atoms with Gasteiger partial charge in [0.2, 0.25) is 23.2 Å². The van der Waals surface area contributed by atoms with E-state index in [1.807, 2.05) is 41.3 Å². The lowest BCUT2D eigenvalue weighted by Crippen LogP contribution is -2.48. The Labute approximate surface area is 203 Å². The summed E-state index contributed by atoms with van der Waals surface area (Å²) < 4.78 is 22.0. The average molecular weight is 475 g/mol. The lowest BCUT2D eigenvalue weighted by Gasteiger charge is -2.34. The number of nitrogens with zero attached hydrogens (tertiary/aromatic N) is 4. The molecule has 35 heavy (non-hydrogen) atoms. The molecule has 0 unspecified atom stereocenters. The lowest BCUT2D eigenvalue weighted by molar-refractivity contribution is 0.0744. The monoisotopic (exact) mass is 474 g/mol. The Morgan fingerprint density at radius 2 is 1.66 bits per heavy atom. The largest absolute Gasteiger partial charge is 0.493 e. The second-order valence-corrected chi connectivity index (χ2v) is 7.75. The molecule has 1 aromatic heterocycles. The van der Waals surface area contributed by atoms with Crippen LogP contribution in [0.15, 0.2) is 46.9 Å². The van der Waals surface area contributed by atoms with Gasteiger partial charge in [0.05, 0.1) is 21.3 Å². The minimum absolute atomic E-state index is 0.145. The molecule has 1 fully saturated rings. The number of hydrogen-bond acceptors (Lipinski definition) is 8. The fourth-order valence-corrected chi connectivity index (χ4v) is 3.92. The van der Waals surface area contributed by atoms with Gasteiger partial charge >= 0.3 is 0 Å². The normalized spacial score (nSPS) is 13.5. The second kappa shape index (κ2) is 10.7. The number of piperazine rings is 1. The summed E-state index contributed by atoms with van der Waals surface area (Å²) >= 11 is 0. The summed E-state index contributed by atoms with van der Waals surface area (Å²) in [6.45, 7) is 1.91. The Bertz CT molecular complexity index is 1230. The number of rotatable bonds is 7. The molecule has 0 saturated carbocycles. The van der Waals surface area contributed by atoms with Gasteiger partial charge in [-0.05, 0) is 23.8 Å². The fraction of sp³-hybridized carbons (Fsp3) is 0.269. The first kappa shape index (κ1) is 23.7. The Balaban J connectivity index is 1.46. The van der Waals surface area contributed by atoms with Gasteiger partial charge in [-0.3, -0.25) is 4.79 Å². The molecule has 0 N–H and O–H groups in total. The van der Waals surface area contributed by atoms with E-state index in [0.717, 1.165) is 5.56 Å². The van der Waals surface area contributed by atoms with Crippen LogP contribution in [-0.2, 0) is 0 Å². The van der Waals surface area contributed by atoms with Gasteiger partial charge < -0.3 is 28.4 Å². The molecule has 0 aliphatic carbocycles. The molecule has 2 heterocycles. The van der Waals surface area contributed by atoms with Crippen LogP contribution in [0.4, 0.5) is 5.88 Å². The van der Waals surface area contributed by atoms with E-state index in [2.05, 4.69) is 11.1 Å². The van der Waals surface area contributed by atoms with Crippen LogP contribution in [0.1, 0.15) is 27.5 Å². The molecule has 3 aromatic rings. The maximum Gasteiger partial charge on any atom is 0.254 e. The summed E-state index contributed by atoms with van der Waals surface area (Å²) in [5.41, 5.74) is 1.67. The van der Waals surface area contributed by atoms with Crippen molar-refractivity contribution in [1.82, 2.24) is 9.88 Å². The van der Waals surface area contributed by atoms with Gasteiger partial charge in [0.25, 0.3) is 5.91 Å². The highest BCUT2D eigenvalue weighted by atomic mass is 16.5. The van der Waals surface area contributed by atoms with Crippen LogP contribution in [0.5, 0.6) is 17.2 Å². The van der Waals surface area contributed by atoms with Crippen LogP contribution < -0.4 is 19.1 Å². The molecule has 0 spiro atoms. The number of hydrogen-bond donors (Lipinski definition) is 0. The number of methoxy groups -OCH3 is 3. The standard InChI is InChI=1S/C26H26N4O5/c1-32-21-15-19(16-22(33-2)24(21)34-3)25(31)29-11-13-30(14-12-29)26-20(17-27)28-23(35-26)10-9-18-7-5-4-6-8-18/h4-10,15-16H,11-14H2,1-3H3/b10-9+. The van der Waals surface area contributed by atoms with Gasteiger partial charge in [-0.15, -0.1) is 0 Å². The highest BCUT2D eigenvalue weighted by Crippen LogP contribution is 2.38. The number of ether oxygens (including phenoxy) is 3. The van der Waals surface area contributed by atoms with Crippen LogP contribution in [0, 0.1) is 11.3 Å². The molecule has 2 aromatic carbocycles.